The summed E-state index contributed by atoms with van der Waals surface area (Å²) in [6.07, 6.45) is -1.08. The highest BCUT2D eigenvalue weighted by Crippen LogP contribution is 2.43. The number of ether oxygens (including phenoxy) is 1. The van der Waals surface area contributed by atoms with Gasteiger partial charge in [-0.2, -0.15) is 8.42 Å². The second-order valence-electron chi connectivity index (χ2n) is 7.11. The van der Waals surface area contributed by atoms with Gasteiger partial charge in [0, 0.05) is 0 Å². The van der Waals surface area contributed by atoms with Crippen LogP contribution in [0.4, 0.5) is 0 Å². The molecule has 0 saturated carbocycles. The summed E-state index contributed by atoms with van der Waals surface area (Å²) in [5, 5.41) is 0. The SMILES string of the molecule is CCOC(=O)[C@@H](OS(C)(=O)=O)[C@@H](C)O[Si](C(C)C)(C(C)C)C(C)C. The van der Waals surface area contributed by atoms with Crippen LogP contribution in [0.2, 0.25) is 16.6 Å². The quantitative estimate of drug-likeness (QED) is 0.327. The summed E-state index contributed by atoms with van der Waals surface area (Å²) in [5.74, 6) is -0.713. The molecule has 0 aromatic heterocycles. The first-order valence-corrected chi connectivity index (χ1v) is 12.5. The highest BCUT2D eigenvalue weighted by molar-refractivity contribution is 7.86. The Hall–Kier alpha value is -0.443. The van der Waals surface area contributed by atoms with E-state index in [1.807, 2.05) is 0 Å². The summed E-state index contributed by atoms with van der Waals surface area (Å²) in [7, 11) is -6.09. The second kappa shape index (κ2) is 9.31. The molecule has 0 rings (SSSR count). The zero-order valence-corrected chi connectivity index (χ0v) is 18.3. The number of carbonyl (C=O) groups excluding carboxylic acids is 1. The smallest absolute Gasteiger partial charge is 0.339 e. The number of esters is 1. The van der Waals surface area contributed by atoms with Gasteiger partial charge in [-0.1, -0.05) is 41.5 Å². The lowest BCUT2D eigenvalue weighted by Crippen LogP contribution is -2.53. The lowest BCUT2D eigenvalue weighted by Gasteiger charge is -2.44. The fraction of sp³-hybridized carbons (Fsp3) is 0.938. The topological polar surface area (TPSA) is 78.9 Å². The van der Waals surface area contributed by atoms with Crippen LogP contribution in [0, 0.1) is 0 Å². The minimum Gasteiger partial charge on any atom is -0.464 e. The molecule has 8 heteroatoms. The van der Waals surface area contributed by atoms with Crippen molar-refractivity contribution in [3.05, 3.63) is 0 Å². The Bertz CT molecular complexity index is 479. The maximum Gasteiger partial charge on any atom is 0.339 e. The van der Waals surface area contributed by atoms with E-state index in [0.29, 0.717) is 16.6 Å². The van der Waals surface area contributed by atoms with E-state index < -0.39 is 36.6 Å². The maximum absolute atomic E-state index is 12.2. The van der Waals surface area contributed by atoms with Crippen LogP contribution in [-0.4, -0.2) is 47.8 Å². The first kappa shape index (κ1) is 23.6. The zero-order chi connectivity index (χ0) is 19.3. The standard InChI is InChI=1S/C16H34O6SSi/c1-10-20-16(17)15(21-23(9,18)19)14(8)22-24(11(2)3,12(4)5)13(6)7/h11-15H,10H2,1-9H3/t14-,15+/m1/s1. The van der Waals surface area contributed by atoms with Gasteiger partial charge in [-0.25, -0.2) is 4.79 Å². The molecule has 0 aliphatic rings. The molecule has 0 aromatic rings. The van der Waals surface area contributed by atoms with Crippen LogP contribution >= 0.6 is 0 Å². The molecule has 0 spiro atoms. The maximum atomic E-state index is 12.2. The largest absolute Gasteiger partial charge is 0.464 e. The molecule has 0 aromatic carbocycles. The van der Waals surface area contributed by atoms with Gasteiger partial charge in [-0.15, -0.1) is 0 Å². The van der Waals surface area contributed by atoms with E-state index >= 15 is 0 Å². The van der Waals surface area contributed by atoms with Crippen LogP contribution in [0.1, 0.15) is 55.4 Å². The van der Waals surface area contributed by atoms with Crippen LogP contribution < -0.4 is 0 Å². The summed E-state index contributed by atoms with van der Waals surface area (Å²) in [6, 6.07) is 0. The molecule has 0 unspecified atom stereocenters. The Labute approximate surface area is 148 Å². The number of hydrogen-bond acceptors (Lipinski definition) is 6. The molecule has 6 nitrogen and oxygen atoms in total. The Morgan fingerprint density at radius 3 is 1.67 bits per heavy atom. The van der Waals surface area contributed by atoms with Gasteiger partial charge in [0.25, 0.3) is 10.1 Å². The predicted octanol–water partition coefficient (Wildman–Crippen LogP) is 3.47. The third-order valence-corrected chi connectivity index (χ3v) is 11.1. The second-order valence-corrected chi connectivity index (χ2v) is 14.1. The molecule has 0 amide bonds. The Balaban J connectivity index is 5.68. The molecule has 24 heavy (non-hydrogen) atoms. The summed E-state index contributed by atoms with van der Waals surface area (Å²) in [4.78, 5) is 12.2. The number of rotatable bonds is 10. The molecule has 0 radical (unpaired) electrons. The number of carbonyl (C=O) groups is 1. The average molecular weight is 383 g/mol. The highest BCUT2D eigenvalue weighted by atomic mass is 32.2. The normalized spacial score (nSPS) is 15.8. The summed E-state index contributed by atoms with van der Waals surface area (Å²) in [6.45, 7) is 16.2. The van der Waals surface area contributed by atoms with Crippen molar-refractivity contribution in [3.8, 4) is 0 Å². The highest BCUT2D eigenvalue weighted by Gasteiger charge is 2.48. The van der Waals surface area contributed by atoms with Crippen molar-refractivity contribution in [3.63, 3.8) is 0 Å². The van der Waals surface area contributed by atoms with Crippen LogP contribution in [0.5, 0.6) is 0 Å². The fourth-order valence-corrected chi connectivity index (χ4v) is 9.71. The fourth-order valence-electron chi connectivity index (χ4n) is 3.51. The molecule has 2 atom stereocenters. The van der Waals surface area contributed by atoms with Crippen LogP contribution in [-0.2, 0) is 28.3 Å². The van der Waals surface area contributed by atoms with Gasteiger partial charge in [-0.05, 0) is 30.5 Å². The molecule has 0 aliphatic carbocycles. The Morgan fingerprint density at radius 2 is 1.38 bits per heavy atom. The molecule has 0 saturated heterocycles. The predicted molar refractivity (Wildman–Crippen MR) is 97.9 cm³/mol. The van der Waals surface area contributed by atoms with Crippen molar-refractivity contribution in [1.82, 2.24) is 0 Å². The van der Waals surface area contributed by atoms with Gasteiger partial charge in [-0.3, -0.25) is 4.18 Å². The summed E-state index contributed by atoms with van der Waals surface area (Å²) < 4.78 is 39.5. The van der Waals surface area contributed by atoms with Crippen LogP contribution in [0.15, 0.2) is 0 Å². The molecular formula is C16H34O6SSi. The van der Waals surface area contributed by atoms with Gasteiger partial charge < -0.3 is 9.16 Å². The molecule has 0 aliphatic heterocycles. The van der Waals surface area contributed by atoms with Gasteiger partial charge in [0.1, 0.15) is 0 Å². The van der Waals surface area contributed by atoms with Crippen molar-refractivity contribution >= 4 is 24.4 Å². The first-order chi connectivity index (χ1) is 10.8. The van der Waals surface area contributed by atoms with Crippen LogP contribution in [0.25, 0.3) is 0 Å². The molecule has 144 valence electrons. The third-order valence-electron chi connectivity index (χ3n) is 4.32. The van der Waals surface area contributed by atoms with Crippen molar-refractivity contribution in [2.75, 3.05) is 12.9 Å². The van der Waals surface area contributed by atoms with E-state index in [1.54, 1.807) is 13.8 Å². The van der Waals surface area contributed by atoms with Gasteiger partial charge in [0.15, 0.2) is 6.10 Å². The van der Waals surface area contributed by atoms with E-state index in [-0.39, 0.29) is 6.61 Å². The van der Waals surface area contributed by atoms with E-state index in [0.717, 1.165) is 6.26 Å². The van der Waals surface area contributed by atoms with Crippen molar-refractivity contribution < 1.29 is 26.6 Å². The third kappa shape index (κ3) is 6.13. The van der Waals surface area contributed by atoms with E-state index in [4.69, 9.17) is 13.3 Å². The van der Waals surface area contributed by atoms with E-state index in [2.05, 4.69) is 41.5 Å². The molecular weight excluding hydrogens is 348 g/mol. The van der Waals surface area contributed by atoms with Gasteiger partial charge >= 0.3 is 5.97 Å². The summed E-state index contributed by atoms with van der Waals surface area (Å²) >= 11 is 0. The average Bonchev–Trinajstić information content (AvgIpc) is 2.39. The Kier molecular flexibility index (Phi) is 9.14. The van der Waals surface area contributed by atoms with Gasteiger partial charge in [0.05, 0.1) is 19.0 Å². The molecule has 0 heterocycles. The van der Waals surface area contributed by atoms with Crippen LogP contribution in [0.3, 0.4) is 0 Å². The minimum atomic E-state index is -3.81. The summed E-state index contributed by atoms with van der Waals surface area (Å²) in [5.41, 5.74) is 0.920. The van der Waals surface area contributed by atoms with Crippen molar-refractivity contribution in [2.45, 2.75) is 84.2 Å². The monoisotopic (exact) mass is 382 g/mol. The lowest BCUT2D eigenvalue weighted by atomic mass is 10.2. The zero-order valence-electron chi connectivity index (χ0n) is 16.5. The molecule has 0 bridgehead atoms. The number of hydrogen-bond donors (Lipinski definition) is 0. The molecule has 0 N–H and O–H groups in total. The lowest BCUT2D eigenvalue weighted by molar-refractivity contribution is -0.155. The molecule has 0 fully saturated rings. The van der Waals surface area contributed by atoms with Crippen molar-refractivity contribution in [2.24, 2.45) is 0 Å². The Morgan fingerprint density at radius 1 is 0.958 bits per heavy atom. The minimum absolute atomic E-state index is 0.149. The van der Waals surface area contributed by atoms with Gasteiger partial charge in [0.2, 0.25) is 8.32 Å². The van der Waals surface area contributed by atoms with E-state index in [9.17, 15) is 13.2 Å². The first-order valence-electron chi connectivity index (χ1n) is 8.52. The van der Waals surface area contributed by atoms with E-state index in [1.165, 1.54) is 0 Å². The van der Waals surface area contributed by atoms with Crippen molar-refractivity contribution in [1.29, 1.82) is 0 Å².